The van der Waals surface area contributed by atoms with Crippen molar-refractivity contribution in [2.45, 2.75) is 52.1 Å². The van der Waals surface area contributed by atoms with Crippen LogP contribution in [0.3, 0.4) is 0 Å². The Balaban J connectivity index is 1.40. The van der Waals surface area contributed by atoms with Crippen molar-refractivity contribution in [3.8, 4) is 5.88 Å². The van der Waals surface area contributed by atoms with Crippen LogP contribution in [0.15, 0.2) is 18.3 Å². The lowest BCUT2D eigenvalue weighted by Crippen LogP contribution is -2.40. The van der Waals surface area contributed by atoms with Crippen LogP contribution in [0.1, 0.15) is 46.0 Å². The van der Waals surface area contributed by atoms with Gasteiger partial charge in [-0.1, -0.05) is 0 Å². The summed E-state index contributed by atoms with van der Waals surface area (Å²) in [4.78, 5) is 20.6. The summed E-state index contributed by atoms with van der Waals surface area (Å²) >= 11 is 0. The number of carbonyl (C=O) groups excluding carboxylic acids is 1. The third-order valence-electron chi connectivity index (χ3n) is 5.12. The Morgan fingerprint density at radius 1 is 1.15 bits per heavy atom. The van der Waals surface area contributed by atoms with E-state index in [0.717, 1.165) is 39.0 Å². The number of amides is 1. The van der Waals surface area contributed by atoms with E-state index in [-0.39, 0.29) is 12.2 Å². The molecule has 6 nitrogen and oxygen atoms in total. The molecule has 0 aromatic carbocycles. The maximum Gasteiger partial charge on any atom is 0.410 e. The standard InChI is InChI=1S/C20H31N3O3/c1-16(2)26-20(24)23-12-8-17(9-13-23)15-25-19-7-6-18(14-21-19)22-10-4-3-5-11-22/h6-7,14,16-17H,3-5,8-13,15H2,1-2H3. The van der Waals surface area contributed by atoms with Crippen LogP contribution in [-0.4, -0.2) is 54.9 Å². The second kappa shape index (κ2) is 9.10. The van der Waals surface area contributed by atoms with Gasteiger partial charge in [0.2, 0.25) is 5.88 Å². The van der Waals surface area contributed by atoms with Crippen molar-refractivity contribution in [1.82, 2.24) is 9.88 Å². The zero-order chi connectivity index (χ0) is 18.4. The smallest absolute Gasteiger partial charge is 0.410 e. The van der Waals surface area contributed by atoms with E-state index in [0.29, 0.717) is 18.4 Å². The largest absolute Gasteiger partial charge is 0.477 e. The zero-order valence-electron chi connectivity index (χ0n) is 16.0. The highest BCUT2D eigenvalue weighted by atomic mass is 16.6. The molecule has 2 fully saturated rings. The number of nitrogens with zero attached hydrogens (tertiary/aromatic N) is 3. The Morgan fingerprint density at radius 2 is 1.88 bits per heavy atom. The van der Waals surface area contributed by atoms with Gasteiger partial charge < -0.3 is 19.3 Å². The highest BCUT2D eigenvalue weighted by molar-refractivity contribution is 5.67. The van der Waals surface area contributed by atoms with Crippen LogP contribution >= 0.6 is 0 Å². The molecule has 2 aliphatic rings. The van der Waals surface area contributed by atoms with Crippen molar-refractivity contribution in [3.05, 3.63) is 18.3 Å². The predicted molar refractivity (Wildman–Crippen MR) is 102 cm³/mol. The average molecular weight is 361 g/mol. The van der Waals surface area contributed by atoms with Gasteiger partial charge in [0.05, 0.1) is 24.6 Å². The van der Waals surface area contributed by atoms with Crippen molar-refractivity contribution in [2.75, 3.05) is 37.7 Å². The minimum Gasteiger partial charge on any atom is -0.477 e. The molecule has 0 atom stereocenters. The van der Waals surface area contributed by atoms with Crippen molar-refractivity contribution < 1.29 is 14.3 Å². The summed E-state index contributed by atoms with van der Waals surface area (Å²) in [6, 6.07) is 4.08. The minimum absolute atomic E-state index is 0.0671. The van der Waals surface area contributed by atoms with Crippen LogP contribution in [0.2, 0.25) is 0 Å². The van der Waals surface area contributed by atoms with Crippen molar-refractivity contribution in [2.24, 2.45) is 5.92 Å². The molecule has 1 amide bonds. The zero-order valence-corrected chi connectivity index (χ0v) is 16.0. The van der Waals surface area contributed by atoms with E-state index >= 15 is 0 Å². The van der Waals surface area contributed by atoms with Gasteiger partial charge >= 0.3 is 6.09 Å². The summed E-state index contributed by atoms with van der Waals surface area (Å²) in [5.74, 6) is 1.15. The number of ether oxygens (including phenoxy) is 2. The van der Waals surface area contributed by atoms with Crippen LogP contribution in [0.4, 0.5) is 10.5 Å². The number of piperidine rings is 2. The first-order valence-corrected chi connectivity index (χ1v) is 9.91. The summed E-state index contributed by atoms with van der Waals surface area (Å²) in [5, 5.41) is 0. The van der Waals surface area contributed by atoms with E-state index < -0.39 is 0 Å². The van der Waals surface area contributed by atoms with Crippen LogP contribution in [0, 0.1) is 5.92 Å². The molecule has 144 valence electrons. The second-order valence-electron chi connectivity index (χ2n) is 7.58. The molecule has 6 heteroatoms. The molecule has 2 saturated heterocycles. The summed E-state index contributed by atoms with van der Waals surface area (Å²) in [6.07, 6.45) is 7.41. The third-order valence-corrected chi connectivity index (χ3v) is 5.12. The molecular weight excluding hydrogens is 330 g/mol. The molecule has 0 N–H and O–H groups in total. The van der Waals surface area contributed by atoms with Crippen LogP contribution in [0.5, 0.6) is 5.88 Å². The first-order valence-electron chi connectivity index (χ1n) is 9.91. The van der Waals surface area contributed by atoms with Crippen molar-refractivity contribution in [1.29, 1.82) is 0 Å². The Morgan fingerprint density at radius 3 is 2.50 bits per heavy atom. The maximum atomic E-state index is 11.9. The second-order valence-corrected chi connectivity index (χ2v) is 7.58. The van der Waals surface area contributed by atoms with Crippen LogP contribution < -0.4 is 9.64 Å². The Bertz CT molecular complexity index is 562. The van der Waals surface area contributed by atoms with Crippen LogP contribution in [-0.2, 0) is 4.74 Å². The van der Waals surface area contributed by atoms with Gasteiger partial charge in [-0.15, -0.1) is 0 Å². The maximum absolute atomic E-state index is 11.9. The third kappa shape index (κ3) is 5.26. The Labute approximate surface area is 156 Å². The number of carbonyl (C=O) groups is 1. The summed E-state index contributed by atoms with van der Waals surface area (Å²) < 4.78 is 11.1. The topological polar surface area (TPSA) is 54.9 Å². The number of hydrogen-bond donors (Lipinski definition) is 0. The van der Waals surface area contributed by atoms with Gasteiger partial charge in [-0.3, -0.25) is 0 Å². The molecule has 0 radical (unpaired) electrons. The molecular formula is C20H31N3O3. The molecule has 0 spiro atoms. The van der Waals surface area contributed by atoms with E-state index in [1.165, 1.54) is 24.9 Å². The van der Waals surface area contributed by atoms with Gasteiger partial charge in [0, 0.05) is 32.2 Å². The lowest BCUT2D eigenvalue weighted by molar-refractivity contribution is 0.0606. The van der Waals surface area contributed by atoms with E-state index in [9.17, 15) is 4.79 Å². The lowest BCUT2D eigenvalue weighted by Gasteiger charge is -2.31. The lowest BCUT2D eigenvalue weighted by atomic mass is 9.98. The predicted octanol–water partition coefficient (Wildman–Crippen LogP) is 3.71. The van der Waals surface area contributed by atoms with Gasteiger partial charge in [0.25, 0.3) is 0 Å². The minimum atomic E-state index is -0.200. The highest BCUT2D eigenvalue weighted by Crippen LogP contribution is 2.22. The first-order chi connectivity index (χ1) is 12.6. The Kier molecular flexibility index (Phi) is 6.58. The number of aromatic nitrogens is 1. The van der Waals surface area contributed by atoms with Crippen molar-refractivity contribution >= 4 is 11.8 Å². The summed E-state index contributed by atoms with van der Waals surface area (Å²) in [6.45, 7) is 8.13. The fraction of sp³-hybridized carbons (Fsp3) is 0.700. The van der Waals surface area contributed by atoms with Crippen molar-refractivity contribution in [3.63, 3.8) is 0 Å². The van der Waals surface area contributed by atoms with Gasteiger partial charge in [-0.05, 0) is 57.9 Å². The van der Waals surface area contributed by atoms with E-state index in [1.54, 1.807) is 4.90 Å². The summed E-state index contributed by atoms with van der Waals surface area (Å²) in [5.41, 5.74) is 1.19. The fourth-order valence-corrected chi connectivity index (χ4v) is 3.56. The molecule has 0 aliphatic carbocycles. The fourth-order valence-electron chi connectivity index (χ4n) is 3.56. The van der Waals surface area contributed by atoms with E-state index in [4.69, 9.17) is 9.47 Å². The molecule has 3 rings (SSSR count). The molecule has 3 heterocycles. The highest BCUT2D eigenvalue weighted by Gasteiger charge is 2.24. The molecule has 26 heavy (non-hydrogen) atoms. The number of likely N-dealkylation sites (tertiary alicyclic amines) is 1. The van der Waals surface area contributed by atoms with Gasteiger partial charge in [-0.25, -0.2) is 9.78 Å². The van der Waals surface area contributed by atoms with E-state index in [2.05, 4.69) is 16.0 Å². The normalized spacial score (nSPS) is 18.9. The molecule has 1 aromatic heterocycles. The van der Waals surface area contributed by atoms with Crippen LogP contribution in [0.25, 0.3) is 0 Å². The quantitative estimate of drug-likeness (QED) is 0.800. The monoisotopic (exact) mass is 361 g/mol. The molecule has 2 aliphatic heterocycles. The molecule has 1 aromatic rings. The SMILES string of the molecule is CC(C)OC(=O)N1CCC(COc2ccc(N3CCCCC3)cn2)CC1. The van der Waals surface area contributed by atoms with Gasteiger partial charge in [-0.2, -0.15) is 0 Å². The molecule has 0 saturated carbocycles. The number of pyridine rings is 1. The molecule has 0 unspecified atom stereocenters. The first kappa shape index (κ1) is 18.8. The van der Waals surface area contributed by atoms with E-state index in [1.807, 2.05) is 26.1 Å². The number of anilines is 1. The molecule has 0 bridgehead atoms. The number of hydrogen-bond acceptors (Lipinski definition) is 5. The summed E-state index contributed by atoms with van der Waals surface area (Å²) in [7, 11) is 0. The van der Waals surface area contributed by atoms with Gasteiger partial charge in [0.15, 0.2) is 0 Å². The Hall–Kier alpha value is -1.98. The van der Waals surface area contributed by atoms with Gasteiger partial charge in [0.1, 0.15) is 0 Å². The average Bonchev–Trinajstić information content (AvgIpc) is 2.67. The number of rotatable bonds is 5.